The van der Waals surface area contributed by atoms with Gasteiger partial charge in [0.2, 0.25) is 5.91 Å². The van der Waals surface area contributed by atoms with Gasteiger partial charge < -0.3 is 16.0 Å². The third kappa shape index (κ3) is 5.55. The van der Waals surface area contributed by atoms with E-state index < -0.39 is 0 Å². The monoisotopic (exact) mass is 422 g/mol. The lowest BCUT2D eigenvalue weighted by Gasteiger charge is -2.19. The molecule has 0 unspecified atom stereocenters. The van der Waals surface area contributed by atoms with Gasteiger partial charge in [-0.3, -0.25) is 9.59 Å². The van der Waals surface area contributed by atoms with Gasteiger partial charge in [0.15, 0.2) is 6.04 Å². The number of rotatable bonds is 8. The first kappa shape index (κ1) is 21.7. The normalized spacial score (nSPS) is 12.8. The Kier molecular flexibility index (Phi) is 7.38. The van der Waals surface area contributed by atoms with E-state index in [2.05, 4.69) is 28.8 Å². The summed E-state index contributed by atoms with van der Waals surface area (Å²) in [6.45, 7) is 5.71. The topological polar surface area (TPSA) is 74.8 Å². The SMILES string of the molecule is Cc1cccc(C)c1NC(=O)CNC(=O)[C@@H](C)[NH2+][C@H](c1ccccc1)c1cccs1. The molecule has 1 heterocycles. The lowest BCUT2D eigenvalue weighted by Crippen LogP contribution is -2.92. The molecule has 4 N–H and O–H groups in total. The number of amides is 2. The Balaban J connectivity index is 1.59. The molecule has 0 aliphatic rings. The van der Waals surface area contributed by atoms with Gasteiger partial charge >= 0.3 is 0 Å². The number of anilines is 1. The number of aryl methyl sites for hydroxylation is 2. The predicted octanol–water partition coefficient (Wildman–Crippen LogP) is 3.16. The van der Waals surface area contributed by atoms with E-state index in [0.29, 0.717) is 0 Å². The molecule has 0 bridgehead atoms. The van der Waals surface area contributed by atoms with Crippen molar-refractivity contribution >= 4 is 28.8 Å². The second-order valence-corrected chi connectivity index (χ2v) is 8.40. The molecule has 2 aromatic carbocycles. The van der Waals surface area contributed by atoms with Crippen molar-refractivity contribution in [2.75, 3.05) is 11.9 Å². The maximum atomic E-state index is 12.7. The van der Waals surface area contributed by atoms with Crippen LogP contribution in [0.25, 0.3) is 0 Å². The smallest absolute Gasteiger partial charge is 0.278 e. The third-order valence-corrected chi connectivity index (χ3v) is 6.03. The van der Waals surface area contributed by atoms with Crippen LogP contribution in [-0.4, -0.2) is 24.4 Å². The molecule has 0 aliphatic carbocycles. The van der Waals surface area contributed by atoms with E-state index in [1.54, 1.807) is 11.3 Å². The van der Waals surface area contributed by atoms with Gasteiger partial charge in [-0.05, 0) is 43.3 Å². The Morgan fingerprint density at radius 1 is 0.967 bits per heavy atom. The minimum atomic E-state index is -0.342. The van der Waals surface area contributed by atoms with Crippen molar-refractivity contribution in [1.29, 1.82) is 0 Å². The van der Waals surface area contributed by atoms with Crippen molar-refractivity contribution < 1.29 is 14.9 Å². The number of quaternary nitrogens is 1. The summed E-state index contributed by atoms with van der Waals surface area (Å²) >= 11 is 1.67. The number of carbonyl (C=O) groups is 2. The lowest BCUT2D eigenvalue weighted by molar-refractivity contribution is -0.704. The van der Waals surface area contributed by atoms with Gasteiger partial charge in [-0.25, -0.2) is 0 Å². The summed E-state index contributed by atoms with van der Waals surface area (Å²) in [7, 11) is 0. The van der Waals surface area contributed by atoms with Gasteiger partial charge in [0.1, 0.15) is 6.04 Å². The number of benzene rings is 2. The molecule has 1 aromatic heterocycles. The third-order valence-electron chi connectivity index (χ3n) is 5.07. The summed E-state index contributed by atoms with van der Waals surface area (Å²) in [5, 5.41) is 9.75. The molecule has 0 spiro atoms. The number of carbonyl (C=O) groups excluding carboxylic acids is 2. The second-order valence-electron chi connectivity index (χ2n) is 7.42. The highest BCUT2D eigenvalue weighted by atomic mass is 32.1. The first-order valence-corrected chi connectivity index (χ1v) is 10.9. The Morgan fingerprint density at radius 2 is 1.67 bits per heavy atom. The number of hydrogen-bond donors (Lipinski definition) is 3. The number of nitrogens with two attached hydrogens (primary N) is 1. The summed E-state index contributed by atoms with van der Waals surface area (Å²) in [6.07, 6.45) is 0. The van der Waals surface area contributed by atoms with Crippen LogP contribution in [0.5, 0.6) is 0 Å². The molecule has 5 nitrogen and oxygen atoms in total. The molecule has 3 aromatic rings. The fourth-order valence-corrected chi connectivity index (χ4v) is 4.23. The van der Waals surface area contributed by atoms with Crippen LogP contribution in [0.1, 0.15) is 34.5 Å². The molecule has 156 valence electrons. The highest BCUT2D eigenvalue weighted by Gasteiger charge is 2.25. The van der Waals surface area contributed by atoms with Crippen LogP contribution in [0.4, 0.5) is 5.69 Å². The minimum Gasteiger partial charge on any atom is -0.342 e. The Hall–Kier alpha value is -2.96. The molecule has 6 heteroatoms. The van der Waals surface area contributed by atoms with Crippen molar-refractivity contribution in [3.8, 4) is 0 Å². The molecule has 2 amide bonds. The average Bonchev–Trinajstić information content (AvgIpc) is 3.28. The Labute approximate surface area is 181 Å². The molecule has 3 rings (SSSR count). The quantitative estimate of drug-likeness (QED) is 0.522. The number of nitrogens with one attached hydrogen (secondary N) is 2. The molecule has 2 atom stereocenters. The zero-order valence-electron chi connectivity index (χ0n) is 17.5. The molecular formula is C24H28N3O2S+. The number of thiophene rings is 1. The average molecular weight is 423 g/mol. The highest BCUT2D eigenvalue weighted by molar-refractivity contribution is 7.10. The van der Waals surface area contributed by atoms with E-state index in [0.717, 1.165) is 22.4 Å². The van der Waals surface area contributed by atoms with Crippen molar-refractivity contribution in [3.05, 3.63) is 87.6 Å². The molecule has 0 saturated heterocycles. The Morgan fingerprint density at radius 3 is 2.30 bits per heavy atom. The van der Waals surface area contributed by atoms with E-state index in [9.17, 15) is 9.59 Å². The Bertz CT molecular complexity index is 967. The lowest BCUT2D eigenvalue weighted by atomic mass is 10.0. The van der Waals surface area contributed by atoms with E-state index >= 15 is 0 Å². The number of hydrogen-bond acceptors (Lipinski definition) is 3. The standard InChI is InChI=1S/C24H27N3O2S/c1-16-9-7-10-17(2)22(16)27-21(28)15-25-24(29)18(3)26-23(20-13-8-14-30-20)19-11-5-4-6-12-19/h4-14,18,23,26H,15H2,1-3H3,(H,25,29)(H,27,28)/p+1/t18-,23-/m1/s1. The predicted molar refractivity (Wildman–Crippen MR) is 122 cm³/mol. The summed E-state index contributed by atoms with van der Waals surface area (Å²) < 4.78 is 0. The fourth-order valence-electron chi connectivity index (χ4n) is 3.40. The van der Waals surface area contributed by atoms with E-state index in [1.807, 2.05) is 73.9 Å². The van der Waals surface area contributed by atoms with E-state index in [-0.39, 0.29) is 30.4 Å². The van der Waals surface area contributed by atoms with Crippen LogP contribution in [0.15, 0.2) is 66.0 Å². The summed E-state index contributed by atoms with van der Waals surface area (Å²) in [5.74, 6) is -0.394. The minimum absolute atomic E-state index is 0.0374. The summed E-state index contributed by atoms with van der Waals surface area (Å²) in [6, 6.07) is 19.8. The zero-order valence-corrected chi connectivity index (χ0v) is 18.3. The largest absolute Gasteiger partial charge is 0.342 e. The van der Waals surface area contributed by atoms with Crippen molar-refractivity contribution in [2.24, 2.45) is 0 Å². The maximum absolute atomic E-state index is 12.7. The van der Waals surface area contributed by atoms with Gasteiger partial charge in [-0.15, -0.1) is 11.3 Å². The van der Waals surface area contributed by atoms with Crippen LogP contribution in [0, 0.1) is 13.8 Å². The van der Waals surface area contributed by atoms with Gasteiger partial charge in [0.05, 0.1) is 11.4 Å². The van der Waals surface area contributed by atoms with Gasteiger partial charge in [-0.1, -0.05) is 54.6 Å². The van der Waals surface area contributed by atoms with Crippen LogP contribution in [0.3, 0.4) is 0 Å². The van der Waals surface area contributed by atoms with Crippen molar-refractivity contribution in [2.45, 2.75) is 32.9 Å². The summed E-state index contributed by atoms with van der Waals surface area (Å²) in [4.78, 5) is 26.2. The summed E-state index contributed by atoms with van der Waals surface area (Å²) in [5.41, 5.74) is 3.95. The van der Waals surface area contributed by atoms with Gasteiger partial charge in [0, 0.05) is 11.3 Å². The van der Waals surface area contributed by atoms with Crippen molar-refractivity contribution in [3.63, 3.8) is 0 Å². The maximum Gasteiger partial charge on any atom is 0.278 e. The fraction of sp³-hybridized carbons (Fsp3) is 0.250. The molecule has 0 fully saturated rings. The number of para-hydroxylation sites is 1. The first-order chi connectivity index (χ1) is 14.5. The molecule has 0 saturated carbocycles. The van der Waals surface area contributed by atoms with Crippen molar-refractivity contribution in [1.82, 2.24) is 5.32 Å². The van der Waals surface area contributed by atoms with Crippen LogP contribution in [0.2, 0.25) is 0 Å². The molecule has 0 aliphatic heterocycles. The first-order valence-electron chi connectivity index (χ1n) is 10.0. The zero-order chi connectivity index (χ0) is 21.5. The van der Waals surface area contributed by atoms with E-state index in [4.69, 9.17) is 0 Å². The molecule has 0 radical (unpaired) electrons. The van der Waals surface area contributed by atoms with Gasteiger partial charge in [0.25, 0.3) is 5.91 Å². The highest BCUT2D eigenvalue weighted by Crippen LogP contribution is 2.22. The van der Waals surface area contributed by atoms with Crippen LogP contribution in [-0.2, 0) is 9.59 Å². The van der Waals surface area contributed by atoms with Crippen LogP contribution >= 0.6 is 11.3 Å². The molecule has 30 heavy (non-hydrogen) atoms. The van der Waals surface area contributed by atoms with Crippen LogP contribution < -0.4 is 16.0 Å². The van der Waals surface area contributed by atoms with E-state index in [1.165, 1.54) is 4.88 Å². The second kappa shape index (κ2) is 10.2. The molecular weight excluding hydrogens is 394 g/mol. The van der Waals surface area contributed by atoms with Gasteiger partial charge in [-0.2, -0.15) is 0 Å².